The summed E-state index contributed by atoms with van der Waals surface area (Å²) in [6.07, 6.45) is 2.59. The molecule has 1 saturated carbocycles. The Labute approximate surface area is 94.8 Å². The predicted octanol–water partition coefficient (Wildman–Crippen LogP) is 0.899. The van der Waals surface area contributed by atoms with Gasteiger partial charge < -0.3 is 15.3 Å². The maximum absolute atomic E-state index is 11.5. The maximum atomic E-state index is 11.5. The van der Waals surface area contributed by atoms with Crippen LogP contribution in [-0.2, 0) is 4.79 Å². The minimum Gasteiger partial charge on any atom is -0.481 e. The number of carboxylic acid groups (broad SMARTS) is 1. The molecule has 5 heteroatoms. The van der Waals surface area contributed by atoms with Crippen LogP contribution in [0.5, 0.6) is 0 Å². The lowest BCUT2D eigenvalue weighted by Crippen LogP contribution is -2.42. The average Bonchev–Trinajstić information content (AvgIpc) is 2.79. The molecule has 0 aromatic heterocycles. The molecule has 2 fully saturated rings. The molecule has 5 nitrogen and oxygen atoms in total. The Morgan fingerprint density at radius 1 is 1.50 bits per heavy atom. The van der Waals surface area contributed by atoms with E-state index >= 15 is 0 Å². The van der Waals surface area contributed by atoms with E-state index < -0.39 is 5.97 Å². The maximum Gasteiger partial charge on any atom is 0.317 e. The summed E-state index contributed by atoms with van der Waals surface area (Å²) in [6.45, 7) is 1.97. The first kappa shape index (κ1) is 11.2. The van der Waals surface area contributed by atoms with Crippen molar-refractivity contribution in [3.63, 3.8) is 0 Å². The molecule has 0 radical (unpaired) electrons. The van der Waals surface area contributed by atoms with Crippen LogP contribution >= 0.6 is 0 Å². The van der Waals surface area contributed by atoms with Crippen molar-refractivity contribution in [1.29, 1.82) is 0 Å². The highest BCUT2D eigenvalue weighted by Crippen LogP contribution is 2.37. The van der Waals surface area contributed by atoms with Crippen molar-refractivity contribution in [2.45, 2.75) is 38.3 Å². The normalized spacial score (nSPS) is 38.9. The molecule has 0 aromatic rings. The number of likely N-dealkylation sites (N-methyl/N-ethyl adjacent to an activating group) is 1. The molecule has 0 aromatic carbocycles. The van der Waals surface area contributed by atoms with Gasteiger partial charge in [0.1, 0.15) is 0 Å². The SMILES string of the molecule is CC1C(C2CCCC2C(=O)O)NC(=O)N1C. The molecule has 1 aliphatic carbocycles. The number of carbonyl (C=O) groups is 2. The molecular weight excluding hydrogens is 208 g/mol. The van der Waals surface area contributed by atoms with Crippen molar-refractivity contribution in [1.82, 2.24) is 10.2 Å². The number of carboxylic acids is 1. The molecule has 1 saturated heterocycles. The summed E-state index contributed by atoms with van der Waals surface area (Å²) in [5.41, 5.74) is 0. The molecule has 2 amide bonds. The number of aliphatic carboxylic acids is 1. The second kappa shape index (κ2) is 3.96. The standard InChI is InChI=1S/C11H18N2O3/c1-6-9(12-11(16)13(6)2)7-4-3-5-8(7)10(14)15/h6-9H,3-5H2,1-2H3,(H,12,16)(H,14,15). The zero-order valence-corrected chi connectivity index (χ0v) is 9.64. The van der Waals surface area contributed by atoms with Crippen molar-refractivity contribution < 1.29 is 14.7 Å². The number of hydrogen-bond acceptors (Lipinski definition) is 2. The first-order valence-electron chi connectivity index (χ1n) is 5.78. The summed E-state index contributed by atoms with van der Waals surface area (Å²) >= 11 is 0. The van der Waals surface area contributed by atoms with Gasteiger partial charge in [0.2, 0.25) is 0 Å². The van der Waals surface area contributed by atoms with Crippen LogP contribution < -0.4 is 5.32 Å². The Morgan fingerprint density at radius 2 is 2.19 bits per heavy atom. The molecule has 2 rings (SSSR count). The summed E-state index contributed by atoms with van der Waals surface area (Å²) in [5.74, 6) is -0.931. The third-order valence-corrected chi connectivity index (χ3v) is 4.09. The van der Waals surface area contributed by atoms with Gasteiger partial charge in [0.05, 0.1) is 18.0 Å². The highest BCUT2D eigenvalue weighted by atomic mass is 16.4. The fraction of sp³-hybridized carbons (Fsp3) is 0.818. The number of rotatable bonds is 2. The van der Waals surface area contributed by atoms with Crippen molar-refractivity contribution in [2.75, 3.05) is 7.05 Å². The van der Waals surface area contributed by atoms with Crippen LogP contribution in [-0.4, -0.2) is 41.1 Å². The van der Waals surface area contributed by atoms with Crippen LogP contribution in [0, 0.1) is 11.8 Å². The highest BCUT2D eigenvalue weighted by molar-refractivity contribution is 5.78. The third kappa shape index (κ3) is 1.64. The smallest absolute Gasteiger partial charge is 0.317 e. The van der Waals surface area contributed by atoms with Gasteiger partial charge in [0.25, 0.3) is 0 Å². The summed E-state index contributed by atoms with van der Waals surface area (Å²) in [5, 5.41) is 12.0. The number of carbonyl (C=O) groups excluding carboxylic acids is 1. The van der Waals surface area contributed by atoms with E-state index in [4.69, 9.17) is 5.11 Å². The Kier molecular flexibility index (Phi) is 2.78. The molecule has 2 N–H and O–H groups in total. The van der Waals surface area contributed by atoms with Gasteiger partial charge in [0, 0.05) is 7.05 Å². The van der Waals surface area contributed by atoms with Gasteiger partial charge in [-0.25, -0.2) is 4.79 Å². The zero-order valence-electron chi connectivity index (χ0n) is 9.64. The topological polar surface area (TPSA) is 69.6 Å². The Balaban J connectivity index is 2.13. The van der Waals surface area contributed by atoms with E-state index in [2.05, 4.69) is 5.32 Å². The molecule has 0 spiro atoms. The monoisotopic (exact) mass is 226 g/mol. The molecule has 16 heavy (non-hydrogen) atoms. The number of urea groups is 1. The van der Waals surface area contributed by atoms with E-state index in [0.717, 1.165) is 19.3 Å². The lowest BCUT2D eigenvalue weighted by Gasteiger charge is -2.26. The van der Waals surface area contributed by atoms with Crippen LogP contribution in [0.1, 0.15) is 26.2 Å². The third-order valence-electron chi connectivity index (χ3n) is 4.09. The molecule has 90 valence electrons. The van der Waals surface area contributed by atoms with Crippen molar-refractivity contribution in [2.24, 2.45) is 11.8 Å². The van der Waals surface area contributed by atoms with Gasteiger partial charge in [-0.15, -0.1) is 0 Å². The average molecular weight is 226 g/mol. The molecule has 2 aliphatic rings. The van der Waals surface area contributed by atoms with Crippen molar-refractivity contribution >= 4 is 12.0 Å². The minimum atomic E-state index is -0.724. The van der Waals surface area contributed by atoms with Crippen LogP contribution in [0.15, 0.2) is 0 Å². The van der Waals surface area contributed by atoms with E-state index in [1.165, 1.54) is 0 Å². The lowest BCUT2D eigenvalue weighted by molar-refractivity contribution is -0.143. The first-order valence-corrected chi connectivity index (χ1v) is 5.78. The summed E-state index contributed by atoms with van der Waals surface area (Å²) in [4.78, 5) is 24.3. The van der Waals surface area contributed by atoms with Crippen LogP contribution in [0.2, 0.25) is 0 Å². The van der Waals surface area contributed by atoms with Crippen LogP contribution in [0.3, 0.4) is 0 Å². The fourth-order valence-corrected chi connectivity index (χ4v) is 2.98. The van der Waals surface area contributed by atoms with E-state index in [1.807, 2.05) is 6.92 Å². The van der Waals surface area contributed by atoms with Gasteiger partial charge in [-0.1, -0.05) is 6.42 Å². The van der Waals surface area contributed by atoms with Crippen LogP contribution in [0.4, 0.5) is 4.79 Å². The number of nitrogens with one attached hydrogen (secondary N) is 1. The highest BCUT2D eigenvalue weighted by Gasteiger charge is 2.45. The minimum absolute atomic E-state index is 0.0129. The zero-order chi connectivity index (χ0) is 11.9. The molecule has 1 heterocycles. The van der Waals surface area contributed by atoms with Gasteiger partial charge in [-0.05, 0) is 25.7 Å². The summed E-state index contributed by atoms with van der Waals surface area (Å²) < 4.78 is 0. The van der Waals surface area contributed by atoms with E-state index in [9.17, 15) is 9.59 Å². The molecule has 4 atom stereocenters. The summed E-state index contributed by atoms with van der Waals surface area (Å²) in [7, 11) is 1.75. The van der Waals surface area contributed by atoms with Gasteiger partial charge in [0.15, 0.2) is 0 Å². The number of nitrogens with zero attached hydrogens (tertiary/aromatic N) is 1. The lowest BCUT2D eigenvalue weighted by atomic mass is 9.86. The fourth-order valence-electron chi connectivity index (χ4n) is 2.98. The molecule has 4 unspecified atom stereocenters. The number of amides is 2. The Bertz CT molecular complexity index is 318. The van der Waals surface area contributed by atoms with Crippen LogP contribution in [0.25, 0.3) is 0 Å². The van der Waals surface area contributed by atoms with Gasteiger partial charge >= 0.3 is 12.0 Å². The van der Waals surface area contributed by atoms with E-state index in [-0.39, 0.29) is 30.0 Å². The predicted molar refractivity (Wildman–Crippen MR) is 58.0 cm³/mol. The Morgan fingerprint density at radius 3 is 2.69 bits per heavy atom. The second-order valence-electron chi connectivity index (χ2n) is 4.87. The van der Waals surface area contributed by atoms with Crippen molar-refractivity contribution in [3.05, 3.63) is 0 Å². The van der Waals surface area contributed by atoms with E-state index in [0.29, 0.717) is 0 Å². The Hall–Kier alpha value is -1.26. The van der Waals surface area contributed by atoms with Gasteiger partial charge in [-0.2, -0.15) is 0 Å². The number of hydrogen-bond donors (Lipinski definition) is 2. The van der Waals surface area contributed by atoms with Gasteiger partial charge in [-0.3, -0.25) is 4.79 Å². The molecule has 1 aliphatic heterocycles. The van der Waals surface area contributed by atoms with E-state index in [1.54, 1.807) is 11.9 Å². The second-order valence-corrected chi connectivity index (χ2v) is 4.87. The molecular formula is C11H18N2O3. The first-order chi connectivity index (χ1) is 7.52. The van der Waals surface area contributed by atoms with Crippen molar-refractivity contribution in [3.8, 4) is 0 Å². The summed E-state index contributed by atoms with van der Waals surface area (Å²) in [6, 6.07) is -0.0212. The quantitative estimate of drug-likeness (QED) is 0.735. The largest absolute Gasteiger partial charge is 0.481 e. The molecule has 0 bridgehead atoms.